The number of rotatable bonds is 6. The molecular weight excluding hydrogens is 190 g/mol. The summed E-state index contributed by atoms with van der Waals surface area (Å²) in [5.74, 6) is 2.30. The Labute approximate surface area is 93.4 Å². The zero-order valence-electron chi connectivity index (χ0n) is 9.72. The van der Waals surface area contributed by atoms with Gasteiger partial charge in [0.15, 0.2) is 0 Å². The number of hydrogen-bond acceptors (Lipinski definition) is 2. The van der Waals surface area contributed by atoms with Crippen molar-refractivity contribution in [3.05, 3.63) is 0 Å². The van der Waals surface area contributed by atoms with Gasteiger partial charge >= 0.3 is 0 Å². The third-order valence-corrected chi connectivity index (χ3v) is 3.94. The highest BCUT2D eigenvalue weighted by molar-refractivity contribution is 7.98. The SMILES string of the molecule is CCNC(CSC)CC1CCCCC1. The summed E-state index contributed by atoms with van der Waals surface area (Å²) in [6, 6.07) is 0.762. The molecule has 0 spiro atoms. The van der Waals surface area contributed by atoms with E-state index in [9.17, 15) is 0 Å². The largest absolute Gasteiger partial charge is 0.313 e. The molecule has 1 aliphatic carbocycles. The average Bonchev–Trinajstić information content (AvgIpc) is 2.20. The average molecular weight is 215 g/mol. The number of thioether (sulfide) groups is 1. The Morgan fingerprint density at radius 2 is 2.00 bits per heavy atom. The van der Waals surface area contributed by atoms with Gasteiger partial charge in [-0.05, 0) is 25.1 Å². The maximum Gasteiger partial charge on any atom is 0.0160 e. The Hall–Kier alpha value is 0.310. The molecule has 0 saturated heterocycles. The molecule has 0 aliphatic heterocycles. The quantitative estimate of drug-likeness (QED) is 0.729. The van der Waals surface area contributed by atoms with Crippen LogP contribution < -0.4 is 5.32 Å². The van der Waals surface area contributed by atoms with Gasteiger partial charge in [-0.25, -0.2) is 0 Å². The van der Waals surface area contributed by atoms with E-state index < -0.39 is 0 Å². The molecule has 0 amide bonds. The molecule has 1 atom stereocenters. The van der Waals surface area contributed by atoms with Gasteiger partial charge in [0, 0.05) is 11.8 Å². The second-order valence-electron chi connectivity index (χ2n) is 4.45. The van der Waals surface area contributed by atoms with Gasteiger partial charge in [0.05, 0.1) is 0 Å². The predicted molar refractivity (Wildman–Crippen MR) is 67.0 cm³/mol. The Bertz CT molecular complexity index is 126. The highest BCUT2D eigenvalue weighted by Gasteiger charge is 2.17. The fourth-order valence-electron chi connectivity index (χ4n) is 2.53. The van der Waals surface area contributed by atoms with E-state index >= 15 is 0 Å². The van der Waals surface area contributed by atoms with Crippen molar-refractivity contribution in [3.8, 4) is 0 Å². The molecule has 1 aliphatic rings. The molecule has 0 radical (unpaired) electrons. The van der Waals surface area contributed by atoms with Crippen LogP contribution in [0.5, 0.6) is 0 Å². The Morgan fingerprint density at radius 1 is 1.29 bits per heavy atom. The van der Waals surface area contributed by atoms with Crippen LogP contribution in [-0.4, -0.2) is 24.6 Å². The van der Waals surface area contributed by atoms with Crippen LogP contribution in [-0.2, 0) is 0 Å². The van der Waals surface area contributed by atoms with Crippen LogP contribution in [0.3, 0.4) is 0 Å². The van der Waals surface area contributed by atoms with Crippen molar-refractivity contribution in [3.63, 3.8) is 0 Å². The standard InChI is InChI=1S/C12H25NS/c1-3-13-12(10-14-2)9-11-7-5-4-6-8-11/h11-13H,3-10H2,1-2H3. The first-order valence-electron chi connectivity index (χ1n) is 6.09. The molecule has 1 rings (SSSR count). The predicted octanol–water partition coefficient (Wildman–Crippen LogP) is 3.30. The van der Waals surface area contributed by atoms with Gasteiger partial charge in [0.1, 0.15) is 0 Å². The number of hydrogen-bond donors (Lipinski definition) is 1. The zero-order valence-corrected chi connectivity index (χ0v) is 10.5. The molecule has 1 unspecified atom stereocenters. The van der Waals surface area contributed by atoms with Crippen LogP contribution in [0.25, 0.3) is 0 Å². The van der Waals surface area contributed by atoms with E-state index in [1.165, 1.54) is 44.3 Å². The lowest BCUT2D eigenvalue weighted by Crippen LogP contribution is -2.33. The first kappa shape index (κ1) is 12.4. The van der Waals surface area contributed by atoms with E-state index in [2.05, 4.69) is 18.5 Å². The van der Waals surface area contributed by atoms with E-state index in [4.69, 9.17) is 0 Å². The Morgan fingerprint density at radius 3 is 2.57 bits per heavy atom. The molecule has 1 saturated carbocycles. The normalized spacial score (nSPS) is 21.0. The van der Waals surface area contributed by atoms with Crippen LogP contribution in [0.1, 0.15) is 45.4 Å². The second kappa shape index (κ2) is 7.58. The van der Waals surface area contributed by atoms with Crippen molar-refractivity contribution in [1.29, 1.82) is 0 Å². The summed E-state index contributed by atoms with van der Waals surface area (Å²) in [6.07, 6.45) is 11.0. The molecule has 0 aromatic rings. The van der Waals surface area contributed by atoms with E-state index in [1.54, 1.807) is 0 Å². The van der Waals surface area contributed by atoms with Crippen LogP contribution in [0, 0.1) is 5.92 Å². The highest BCUT2D eigenvalue weighted by atomic mass is 32.2. The van der Waals surface area contributed by atoms with Crippen LogP contribution >= 0.6 is 11.8 Å². The van der Waals surface area contributed by atoms with Crippen LogP contribution in [0.15, 0.2) is 0 Å². The lowest BCUT2D eigenvalue weighted by Gasteiger charge is -2.26. The van der Waals surface area contributed by atoms with Gasteiger partial charge in [0.25, 0.3) is 0 Å². The van der Waals surface area contributed by atoms with E-state index in [-0.39, 0.29) is 0 Å². The smallest absolute Gasteiger partial charge is 0.0160 e. The third kappa shape index (κ3) is 4.70. The van der Waals surface area contributed by atoms with Crippen molar-refractivity contribution in [2.75, 3.05) is 18.6 Å². The second-order valence-corrected chi connectivity index (χ2v) is 5.36. The van der Waals surface area contributed by atoms with Gasteiger partial charge in [-0.3, -0.25) is 0 Å². The summed E-state index contributed by atoms with van der Waals surface area (Å²) in [5.41, 5.74) is 0. The molecule has 1 N–H and O–H groups in total. The molecule has 0 aromatic carbocycles. The van der Waals surface area contributed by atoms with Crippen LogP contribution in [0.4, 0.5) is 0 Å². The van der Waals surface area contributed by atoms with Gasteiger partial charge in [-0.15, -0.1) is 0 Å². The van der Waals surface area contributed by atoms with Crippen LogP contribution in [0.2, 0.25) is 0 Å². The molecule has 84 valence electrons. The van der Waals surface area contributed by atoms with E-state index in [0.29, 0.717) is 0 Å². The minimum absolute atomic E-state index is 0.762. The maximum absolute atomic E-state index is 3.61. The van der Waals surface area contributed by atoms with Crippen molar-refractivity contribution < 1.29 is 0 Å². The summed E-state index contributed by atoms with van der Waals surface area (Å²) < 4.78 is 0. The maximum atomic E-state index is 3.61. The van der Waals surface area contributed by atoms with Gasteiger partial charge in [-0.2, -0.15) is 11.8 Å². The highest BCUT2D eigenvalue weighted by Crippen LogP contribution is 2.27. The molecular formula is C12H25NS. The van der Waals surface area contributed by atoms with Crippen molar-refractivity contribution in [2.24, 2.45) is 5.92 Å². The summed E-state index contributed by atoms with van der Waals surface area (Å²) in [6.45, 7) is 3.34. The van der Waals surface area contributed by atoms with Gasteiger partial charge in [-0.1, -0.05) is 39.0 Å². The van der Waals surface area contributed by atoms with E-state index in [0.717, 1.165) is 18.5 Å². The fraction of sp³-hybridized carbons (Fsp3) is 1.00. The minimum Gasteiger partial charge on any atom is -0.313 e. The topological polar surface area (TPSA) is 12.0 Å². The molecule has 1 nitrogen and oxygen atoms in total. The number of nitrogens with one attached hydrogen (secondary N) is 1. The molecule has 1 fully saturated rings. The summed E-state index contributed by atoms with van der Waals surface area (Å²) in [4.78, 5) is 0. The lowest BCUT2D eigenvalue weighted by molar-refractivity contribution is 0.309. The van der Waals surface area contributed by atoms with E-state index in [1.807, 2.05) is 11.8 Å². The monoisotopic (exact) mass is 215 g/mol. The van der Waals surface area contributed by atoms with Gasteiger partial charge < -0.3 is 5.32 Å². The molecule has 0 aromatic heterocycles. The van der Waals surface area contributed by atoms with Crippen molar-refractivity contribution in [1.82, 2.24) is 5.32 Å². The first-order valence-corrected chi connectivity index (χ1v) is 7.48. The molecule has 0 bridgehead atoms. The molecule has 2 heteroatoms. The Balaban J connectivity index is 2.21. The summed E-state index contributed by atoms with van der Waals surface area (Å²) in [7, 11) is 0. The molecule has 14 heavy (non-hydrogen) atoms. The zero-order chi connectivity index (χ0) is 10.2. The Kier molecular flexibility index (Phi) is 6.70. The third-order valence-electron chi connectivity index (χ3n) is 3.20. The first-order chi connectivity index (χ1) is 6.86. The lowest BCUT2D eigenvalue weighted by atomic mass is 9.85. The van der Waals surface area contributed by atoms with Gasteiger partial charge in [0.2, 0.25) is 0 Å². The summed E-state index contributed by atoms with van der Waals surface area (Å²) in [5, 5.41) is 3.61. The van der Waals surface area contributed by atoms with Crippen molar-refractivity contribution in [2.45, 2.75) is 51.5 Å². The molecule has 0 heterocycles. The van der Waals surface area contributed by atoms with Crippen molar-refractivity contribution >= 4 is 11.8 Å². The summed E-state index contributed by atoms with van der Waals surface area (Å²) >= 11 is 1.98. The minimum atomic E-state index is 0.762. The fourth-order valence-corrected chi connectivity index (χ4v) is 3.18.